The van der Waals surface area contributed by atoms with Gasteiger partial charge in [0.25, 0.3) is 5.91 Å². The van der Waals surface area contributed by atoms with Gasteiger partial charge in [-0.2, -0.15) is 4.99 Å². The van der Waals surface area contributed by atoms with Crippen LogP contribution in [0.1, 0.15) is 25.3 Å². The highest BCUT2D eigenvalue weighted by Gasteiger charge is 2.28. The van der Waals surface area contributed by atoms with Crippen molar-refractivity contribution in [1.82, 2.24) is 4.90 Å². The smallest absolute Gasteiger partial charge is 0.286 e. The Balaban J connectivity index is 1.73. The molecule has 110 valence electrons. The molecule has 2 aliphatic rings. The lowest BCUT2D eigenvalue weighted by atomic mass is 10.0. The van der Waals surface area contributed by atoms with Crippen molar-refractivity contribution in [2.45, 2.75) is 19.8 Å². The van der Waals surface area contributed by atoms with Crippen LogP contribution < -0.4 is 0 Å². The molecule has 1 amide bonds. The number of hydrogen-bond donors (Lipinski definition) is 0. The van der Waals surface area contributed by atoms with E-state index >= 15 is 0 Å². The number of benzene rings is 1. The number of nitrogens with zero attached hydrogens (tertiary/aromatic N) is 2. The molecule has 1 aromatic rings. The minimum atomic E-state index is -0.115. The summed E-state index contributed by atoms with van der Waals surface area (Å²) in [5.74, 6) is 0.563. The number of hydrogen-bond acceptors (Lipinski definition) is 3. The third-order valence-corrected chi connectivity index (χ3v) is 5.28. The van der Waals surface area contributed by atoms with Crippen molar-refractivity contribution in [1.29, 1.82) is 0 Å². The molecule has 1 unspecified atom stereocenters. The molecule has 1 atom stereocenters. The Hall–Kier alpha value is -1.07. The number of carbonyl (C=O) groups is 1. The van der Waals surface area contributed by atoms with Crippen LogP contribution in [0.3, 0.4) is 0 Å². The number of aliphatic imine (C=N–C) groups is 1. The van der Waals surface area contributed by atoms with Crippen molar-refractivity contribution in [2.75, 3.05) is 13.1 Å². The van der Waals surface area contributed by atoms with Gasteiger partial charge in [0.15, 0.2) is 5.17 Å². The number of thioether (sulfide) groups is 1. The van der Waals surface area contributed by atoms with Crippen LogP contribution in [0.25, 0.3) is 6.08 Å². The van der Waals surface area contributed by atoms with Gasteiger partial charge in [0, 0.05) is 17.6 Å². The van der Waals surface area contributed by atoms with Crippen molar-refractivity contribution in [3.63, 3.8) is 0 Å². The molecule has 1 aromatic carbocycles. The fraction of sp³-hybridized carbons (Fsp3) is 0.375. The normalized spacial score (nSPS) is 24.6. The summed E-state index contributed by atoms with van der Waals surface area (Å²) in [5, 5.41) is 0.870. The highest BCUT2D eigenvalue weighted by molar-refractivity contribution is 9.10. The van der Waals surface area contributed by atoms with Gasteiger partial charge in [-0.3, -0.25) is 4.79 Å². The van der Waals surface area contributed by atoms with E-state index in [1.165, 1.54) is 24.6 Å². The monoisotopic (exact) mass is 364 g/mol. The number of carbonyl (C=O) groups excluding carboxylic acids is 1. The van der Waals surface area contributed by atoms with Crippen LogP contribution in [0.5, 0.6) is 0 Å². The summed E-state index contributed by atoms with van der Waals surface area (Å²) >= 11 is 4.92. The van der Waals surface area contributed by atoms with E-state index in [2.05, 4.69) is 32.7 Å². The van der Waals surface area contributed by atoms with Crippen LogP contribution in [0.2, 0.25) is 0 Å². The van der Waals surface area contributed by atoms with Crippen LogP contribution in [-0.2, 0) is 4.79 Å². The molecule has 21 heavy (non-hydrogen) atoms. The van der Waals surface area contributed by atoms with Gasteiger partial charge in [0.1, 0.15) is 0 Å². The second-order valence-corrected chi connectivity index (χ2v) is 7.48. The van der Waals surface area contributed by atoms with Crippen molar-refractivity contribution in [3.05, 3.63) is 39.2 Å². The van der Waals surface area contributed by atoms with Gasteiger partial charge in [-0.15, -0.1) is 0 Å². The molecule has 1 fully saturated rings. The fourth-order valence-corrected chi connectivity index (χ4v) is 3.82. The average Bonchev–Trinajstić information content (AvgIpc) is 2.83. The number of amidine groups is 1. The zero-order chi connectivity index (χ0) is 14.8. The van der Waals surface area contributed by atoms with E-state index in [0.717, 1.165) is 28.3 Å². The van der Waals surface area contributed by atoms with Crippen LogP contribution in [0, 0.1) is 5.92 Å². The third kappa shape index (κ3) is 3.58. The van der Waals surface area contributed by atoms with Crippen molar-refractivity contribution in [3.8, 4) is 0 Å². The maximum atomic E-state index is 12.1. The first-order valence-electron chi connectivity index (χ1n) is 7.15. The summed E-state index contributed by atoms with van der Waals surface area (Å²) in [7, 11) is 0. The van der Waals surface area contributed by atoms with E-state index < -0.39 is 0 Å². The molecular weight excluding hydrogens is 348 g/mol. The Morgan fingerprint density at radius 3 is 2.86 bits per heavy atom. The Labute approximate surface area is 137 Å². The molecule has 0 spiro atoms. The second-order valence-electron chi connectivity index (χ2n) is 5.56. The lowest BCUT2D eigenvalue weighted by Gasteiger charge is -2.31. The minimum Gasteiger partial charge on any atom is -0.351 e. The van der Waals surface area contributed by atoms with Gasteiger partial charge in [-0.1, -0.05) is 35.0 Å². The van der Waals surface area contributed by atoms with Gasteiger partial charge < -0.3 is 4.90 Å². The summed E-state index contributed by atoms with van der Waals surface area (Å²) in [6.45, 7) is 4.27. The minimum absolute atomic E-state index is 0.115. The number of halogens is 1. The molecule has 0 radical (unpaired) electrons. The first-order valence-corrected chi connectivity index (χ1v) is 8.76. The molecule has 0 saturated carbocycles. The highest BCUT2D eigenvalue weighted by atomic mass is 79.9. The summed E-state index contributed by atoms with van der Waals surface area (Å²) < 4.78 is 1.04. The van der Waals surface area contributed by atoms with E-state index in [9.17, 15) is 4.79 Å². The molecule has 3 rings (SSSR count). The molecule has 0 bridgehead atoms. The zero-order valence-electron chi connectivity index (χ0n) is 11.9. The summed E-state index contributed by atoms with van der Waals surface area (Å²) in [4.78, 5) is 19.3. The maximum Gasteiger partial charge on any atom is 0.286 e. The van der Waals surface area contributed by atoms with Gasteiger partial charge >= 0.3 is 0 Å². The lowest BCUT2D eigenvalue weighted by Crippen LogP contribution is -2.37. The van der Waals surface area contributed by atoms with Crippen LogP contribution in [-0.4, -0.2) is 29.1 Å². The Morgan fingerprint density at radius 1 is 1.38 bits per heavy atom. The summed E-state index contributed by atoms with van der Waals surface area (Å²) in [6, 6.07) is 7.94. The third-order valence-electron chi connectivity index (χ3n) is 3.70. The van der Waals surface area contributed by atoms with Crippen molar-refractivity contribution in [2.24, 2.45) is 10.9 Å². The van der Waals surface area contributed by atoms with E-state index in [1.54, 1.807) is 0 Å². The standard InChI is InChI=1S/C16H17BrN2OS/c1-11-3-2-8-19(10-11)16-18-15(20)14(21-16)9-12-4-6-13(17)7-5-12/h4-7,9,11H,2-3,8,10H2,1H3/b14-9-. The van der Waals surface area contributed by atoms with E-state index in [4.69, 9.17) is 0 Å². The predicted molar refractivity (Wildman–Crippen MR) is 92.1 cm³/mol. The Bertz CT molecular complexity index is 609. The quantitative estimate of drug-likeness (QED) is 0.701. The van der Waals surface area contributed by atoms with Gasteiger partial charge in [-0.05, 0) is 54.3 Å². The van der Waals surface area contributed by atoms with Crippen LogP contribution in [0.15, 0.2) is 38.6 Å². The average molecular weight is 365 g/mol. The lowest BCUT2D eigenvalue weighted by molar-refractivity contribution is -0.113. The first-order chi connectivity index (χ1) is 10.1. The van der Waals surface area contributed by atoms with Gasteiger partial charge in [0.2, 0.25) is 0 Å². The maximum absolute atomic E-state index is 12.1. The Kier molecular flexibility index (Phi) is 4.50. The van der Waals surface area contributed by atoms with Crippen LogP contribution >= 0.6 is 27.7 Å². The topological polar surface area (TPSA) is 32.7 Å². The number of amides is 1. The molecule has 0 aliphatic carbocycles. The first kappa shape index (κ1) is 14.9. The SMILES string of the molecule is CC1CCCN(C2=NC(=O)/C(=C/c3ccc(Br)cc3)S2)C1. The number of piperidine rings is 1. The van der Waals surface area contributed by atoms with Gasteiger partial charge in [-0.25, -0.2) is 0 Å². The fourth-order valence-electron chi connectivity index (χ4n) is 2.61. The highest BCUT2D eigenvalue weighted by Crippen LogP contribution is 2.32. The molecule has 2 heterocycles. The molecule has 0 aromatic heterocycles. The number of rotatable bonds is 1. The van der Waals surface area contributed by atoms with Gasteiger partial charge in [0.05, 0.1) is 4.91 Å². The molecule has 0 N–H and O–H groups in total. The molecule has 2 aliphatic heterocycles. The van der Waals surface area contributed by atoms with E-state index in [1.807, 2.05) is 30.3 Å². The van der Waals surface area contributed by atoms with Crippen LogP contribution in [0.4, 0.5) is 0 Å². The molecule has 3 nitrogen and oxygen atoms in total. The molecular formula is C16H17BrN2OS. The number of likely N-dealkylation sites (tertiary alicyclic amines) is 1. The molecule has 5 heteroatoms. The van der Waals surface area contributed by atoms with E-state index in [-0.39, 0.29) is 5.91 Å². The summed E-state index contributed by atoms with van der Waals surface area (Å²) in [6.07, 6.45) is 4.37. The Morgan fingerprint density at radius 2 is 2.14 bits per heavy atom. The van der Waals surface area contributed by atoms with Crippen molar-refractivity contribution >= 4 is 44.8 Å². The van der Waals surface area contributed by atoms with E-state index in [0.29, 0.717) is 10.8 Å². The van der Waals surface area contributed by atoms with Crippen molar-refractivity contribution < 1.29 is 4.79 Å². The predicted octanol–water partition coefficient (Wildman–Crippen LogP) is 4.15. The zero-order valence-corrected chi connectivity index (χ0v) is 14.3. The summed E-state index contributed by atoms with van der Waals surface area (Å²) in [5.41, 5.74) is 1.03. The largest absolute Gasteiger partial charge is 0.351 e. The molecule has 1 saturated heterocycles. The second kappa shape index (κ2) is 6.36.